The minimum atomic E-state index is -0.294. The summed E-state index contributed by atoms with van der Waals surface area (Å²) in [6, 6.07) is 13.5. The molecular weight excluding hydrogens is 353 g/mol. The van der Waals surface area contributed by atoms with Crippen molar-refractivity contribution in [1.82, 2.24) is 15.1 Å². The van der Waals surface area contributed by atoms with Crippen LogP contribution in [0.1, 0.15) is 22.5 Å². The minimum absolute atomic E-state index is 0.0789. The third-order valence-electron chi connectivity index (χ3n) is 4.25. The van der Waals surface area contributed by atoms with Gasteiger partial charge in [-0.25, -0.2) is 9.07 Å². The second kappa shape index (κ2) is 7.70. The molecule has 0 saturated carbocycles. The van der Waals surface area contributed by atoms with Gasteiger partial charge in [0.05, 0.1) is 17.8 Å². The summed E-state index contributed by atoms with van der Waals surface area (Å²) in [5.74, 6) is -0.373. The SMILES string of the molecule is Cc1nn(-c2ccc(F)cc2)c(C)c1CC(=O)NCc1ccc(Cl)cc1. The van der Waals surface area contributed by atoms with Gasteiger partial charge in [-0.2, -0.15) is 5.10 Å². The van der Waals surface area contributed by atoms with Crippen molar-refractivity contribution < 1.29 is 9.18 Å². The molecule has 4 nitrogen and oxygen atoms in total. The standard InChI is InChI=1S/C20H19ClFN3O/c1-13-19(11-20(26)23-12-15-3-5-16(21)6-4-15)14(2)25(24-13)18-9-7-17(22)8-10-18/h3-10H,11-12H2,1-2H3,(H,23,26). The van der Waals surface area contributed by atoms with Crippen LogP contribution in [0, 0.1) is 19.7 Å². The number of benzene rings is 2. The summed E-state index contributed by atoms with van der Waals surface area (Å²) >= 11 is 5.86. The van der Waals surface area contributed by atoms with Gasteiger partial charge in [-0.1, -0.05) is 23.7 Å². The summed E-state index contributed by atoms with van der Waals surface area (Å²) in [7, 11) is 0. The first kappa shape index (κ1) is 18.1. The number of nitrogens with one attached hydrogen (secondary N) is 1. The number of aryl methyl sites for hydroxylation is 1. The highest BCUT2D eigenvalue weighted by Crippen LogP contribution is 2.19. The van der Waals surface area contributed by atoms with Gasteiger partial charge in [0.15, 0.2) is 0 Å². The first-order chi connectivity index (χ1) is 12.4. The number of carbonyl (C=O) groups excluding carboxylic acids is 1. The maximum atomic E-state index is 13.1. The maximum Gasteiger partial charge on any atom is 0.224 e. The lowest BCUT2D eigenvalue weighted by Gasteiger charge is -2.07. The van der Waals surface area contributed by atoms with E-state index in [0.717, 1.165) is 28.2 Å². The number of nitrogens with zero attached hydrogens (tertiary/aromatic N) is 2. The summed E-state index contributed by atoms with van der Waals surface area (Å²) in [6.07, 6.45) is 0.243. The largest absolute Gasteiger partial charge is 0.352 e. The van der Waals surface area contributed by atoms with Gasteiger partial charge in [0, 0.05) is 22.8 Å². The zero-order chi connectivity index (χ0) is 18.7. The summed E-state index contributed by atoms with van der Waals surface area (Å²) in [4.78, 5) is 12.3. The highest BCUT2D eigenvalue weighted by atomic mass is 35.5. The molecule has 3 aromatic rings. The van der Waals surface area contributed by atoms with Crippen molar-refractivity contribution in [3.05, 3.63) is 81.9 Å². The van der Waals surface area contributed by atoms with Gasteiger partial charge in [0.25, 0.3) is 0 Å². The van der Waals surface area contributed by atoms with Gasteiger partial charge < -0.3 is 5.32 Å². The lowest BCUT2D eigenvalue weighted by molar-refractivity contribution is -0.120. The molecule has 26 heavy (non-hydrogen) atoms. The Hall–Kier alpha value is -2.66. The molecule has 134 valence electrons. The Morgan fingerprint density at radius 2 is 1.77 bits per heavy atom. The highest BCUT2D eigenvalue weighted by Gasteiger charge is 2.16. The zero-order valence-corrected chi connectivity index (χ0v) is 15.3. The Balaban J connectivity index is 1.70. The second-order valence-corrected chi connectivity index (χ2v) is 6.55. The normalized spacial score (nSPS) is 10.8. The number of aromatic nitrogens is 2. The average Bonchev–Trinajstić information content (AvgIpc) is 2.90. The molecule has 0 saturated heterocycles. The van der Waals surface area contributed by atoms with E-state index in [2.05, 4.69) is 10.4 Å². The first-order valence-electron chi connectivity index (χ1n) is 8.26. The highest BCUT2D eigenvalue weighted by molar-refractivity contribution is 6.30. The van der Waals surface area contributed by atoms with Crippen molar-refractivity contribution in [2.75, 3.05) is 0 Å². The van der Waals surface area contributed by atoms with Gasteiger partial charge in [0.2, 0.25) is 5.91 Å². The van der Waals surface area contributed by atoms with Crippen molar-refractivity contribution in [1.29, 1.82) is 0 Å². The smallest absolute Gasteiger partial charge is 0.224 e. The van der Waals surface area contributed by atoms with Crippen LogP contribution in [0.3, 0.4) is 0 Å². The monoisotopic (exact) mass is 371 g/mol. The lowest BCUT2D eigenvalue weighted by atomic mass is 10.1. The Bertz CT molecular complexity index is 917. The molecule has 0 aliphatic rings. The molecule has 2 aromatic carbocycles. The average molecular weight is 372 g/mol. The fourth-order valence-electron chi connectivity index (χ4n) is 2.79. The Morgan fingerprint density at radius 1 is 1.12 bits per heavy atom. The molecule has 1 amide bonds. The van der Waals surface area contributed by atoms with Crippen LogP contribution >= 0.6 is 11.6 Å². The van der Waals surface area contributed by atoms with Gasteiger partial charge >= 0.3 is 0 Å². The quantitative estimate of drug-likeness (QED) is 0.732. The number of carbonyl (C=O) groups is 1. The van der Waals surface area contributed by atoms with E-state index in [0.29, 0.717) is 11.6 Å². The number of rotatable bonds is 5. The van der Waals surface area contributed by atoms with E-state index in [4.69, 9.17) is 11.6 Å². The Labute approximate surface area is 156 Å². The van der Waals surface area contributed by atoms with Crippen molar-refractivity contribution in [2.24, 2.45) is 0 Å². The van der Waals surface area contributed by atoms with E-state index in [9.17, 15) is 9.18 Å². The van der Waals surface area contributed by atoms with Crippen LogP contribution in [0.5, 0.6) is 0 Å². The van der Waals surface area contributed by atoms with Crippen LogP contribution in [0.25, 0.3) is 5.69 Å². The molecule has 0 spiro atoms. The Kier molecular flexibility index (Phi) is 5.38. The molecule has 1 heterocycles. The molecule has 0 aliphatic heterocycles. The molecule has 1 N–H and O–H groups in total. The number of hydrogen-bond acceptors (Lipinski definition) is 2. The molecule has 0 unspecified atom stereocenters. The molecular formula is C20H19ClFN3O. The van der Waals surface area contributed by atoms with Crippen LogP contribution in [0.2, 0.25) is 5.02 Å². The predicted octanol–water partition coefficient (Wildman–Crippen LogP) is 4.14. The molecule has 0 bridgehead atoms. The van der Waals surface area contributed by atoms with E-state index in [1.54, 1.807) is 28.9 Å². The molecule has 6 heteroatoms. The number of hydrogen-bond donors (Lipinski definition) is 1. The molecule has 3 rings (SSSR count). The van der Waals surface area contributed by atoms with Crippen molar-refractivity contribution in [2.45, 2.75) is 26.8 Å². The second-order valence-electron chi connectivity index (χ2n) is 6.12. The third-order valence-corrected chi connectivity index (χ3v) is 4.50. The van der Waals surface area contributed by atoms with Crippen LogP contribution < -0.4 is 5.32 Å². The number of halogens is 2. The van der Waals surface area contributed by atoms with Gasteiger partial charge in [-0.05, 0) is 55.8 Å². The maximum absolute atomic E-state index is 13.1. The first-order valence-corrected chi connectivity index (χ1v) is 8.64. The van der Waals surface area contributed by atoms with Crippen LogP contribution in [-0.4, -0.2) is 15.7 Å². The molecule has 0 fully saturated rings. The van der Waals surface area contributed by atoms with Gasteiger partial charge in [-0.3, -0.25) is 4.79 Å². The van der Waals surface area contributed by atoms with Crippen molar-refractivity contribution in [3.63, 3.8) is 0 Å². The molecule has 1 aromatic heterocycles. The lowest BCUT2D eigenvalue weighted by Crippen LogP contribution is -2.25. The van der Waals surface area contributed by atoms with E-state index in [1.165, 1.54) is 12.1 Å². The topological polar surface area (TPSA) is 46.9 Å². The zero-order valence-electron chi connectivity index (χ0n) is 14.6. The summed E-state index contributed by atoms with van der Waals surface area (Å²) < 4.78 is 14.8. The van der Waals surface area contributed by atoms with Gasteiger partial charge in [0.1, 0.15) is 5.82 Å². The van der Waals surface area contributed by atoms with Gasteiger partial charge in [-0.15, -0.1) is 0 Å². The van der Waals surface area contributed by atoms with Crippen molar-refractivity contribution in [3.8, 4) is 5.69 Å². The van der Waals surface area contributed by atoms with Crippen molar-refractivity contribution >= 4 is 17.5 Å². The van der Waals surface area contributed by atoms with Crippen LogP contribution in [0.15, 0.2) is 48.5 Å². The van der Waals surface area contributed by atoms with Crippen LogP contribution in [0.4, 0.5) is 4.39 Å². The fourth-order valence-corrected chi connectivity index (χ4v) is 2.92. The Morgan fingerprint density at radius 3 is 2.42 bits per heavy atom. The summed E-state index contributed by atoms with van der Waals surface area (Å²) in [5, 5.41) is 8.07. The number of amides is 1. The third kappa shape index (κ3) is 4.11. The van der Waals surface area contributed by atoms with E-state index in [-0.39, 0.29) is 18.1 Å². The molecule has 0 atom stereocenters. The molecule has 0 radical (unpaired) electrons. The van der Waals surface area contributed by atoms with E-state index < -0.39 is 0 Å². The van der Waals surface area contributed by atoms with E-state index >= 15 is 0 Å². The summed E-state index contributed by atoms with van der Waals surface area (Å²) in [6.45, 7) is 4.22. The van der Waals surface area contributed by atoms with Crippen LogP contribution in [-0.2, 0) is 17.8 Å². The summed E-state index contributed by atoms with van der Waals surface area (Å²) in [5.41, 5.74) is 4.28. The predicted molar refractivity (Wildman–Crippen MR) is 100.0 cm³/mol. The van der Waals surface area contributed by atoms with E-state index in [1.807, 2.05) is 26.0 Å². The fraction of sp³-hybridized carbons (Fsp3) is 0.200. The molecule has 0 aliphatic carbocycles. The minimum Gasteiger partial charge on any atom is -0.352 e.